The van der Waals surface area contributed by atoms with Crippen LogP contribution in [-0.2, 0) is 16.5 Å². The first-order valence-corrected chi connectivity index (χ1v) is 10.2. The molecule has 0 saturated heterocycles. The van der Waals surface area contributed by atoms with Crippen LogP contribution in [0.4, 0.5) is 11.4 Å². The molecule has 0 amide bonds. The van der Waals surface area contributed by atoms with E-state index in [2.05, 4.69) is 17.9 Å². The van der Waals surface area contributed by atoms with E-state index in [9.17, 15) is 8.42 Å². The first-order valence-electron chi connectivity index (χ1n) is 8.61. The number of rotatable bonds is 7. The normalized spacial score (nSPS) is 13.1. The van der Waals surface area contributed by atoms with Crippen LogP contribution in [0.5, 0.6) is 11.5 Å². The highest BCUT2D eigenvalue weighted by molar-refractivity contribution is 7.85. The van der Waals surface area contributed by atoms with E-state index in [1.165, 1.54) is 0 Å². The van der Waals surface area contributed by atoms with Gasteiger partial charge in [0.25, 0.3) is 10.1 Å². The Hall–Kier alpha value is -2.05. The molecule has 1 heterocycles. The van der Waals surface area contributed by atoms with E-state index in [4.69, 9.17) is 9.29 Å². The standard InChI is InChI=1S/C19H23NO4S/c1-2-3-8-15-9-6-11-17-19(15)24-18-12-5-4-10-16(18)20(17)13-7-14-25(21,22)23/h4-6,9-12H,2-3,7-8,13-14H2,1H3,(H,21,22,23). The van der Waals surface area contributed by atoms with Gasteiger partial charge >= 0.3 is 0 Å². The average molecular weight is 361 g/mol. The van der Waals surface area contributed by atoms with Crippen LogP contribution >= 0.6 is 0 Å². The molecule has 2 aromatic rings. The second-order valence-corrected chi connectivity index (χ2v) is 7.80. The van der Waals surface area contributed by atoms with Crippen molar-refractivity contribution in [2.75, 3.05) is 17.2 Å². The van der Waals surface area contributed by atoms with E-state index in [1.54, 1.807) is 0 Å². The number of ether oxygens (including phenoxy) is 1. The molecule has 0 atom stereocenters. The molecule has 0 unspecified atom stereocenters. The molecule has 0 fully saturated rings. The highest BCUT2D eigenvalue weighted by Crippen LogP contribution is 2.48. The van der Waals surface area contributed by atoms with E-state index in [0.717, 1.165) is 47.7 Å². The predicted octanol–water partition coefficient (Wildman–Crippen LogP) is 4.55. The van der Waals surface area contributed by atoms with Crippen LogP contribution < -0.4 is 9.64 Å². The monoisotopic (exact) mass is 361 g/mol. The summed E-state index contributed by atoms with van der Waals surface area (Å²) in [5.41, 5.74) is 3.02. The Labute approximate surface area is 149 Å². The molecule has 1 aliphatic rings. The quantitative estimate of drug-likeness (QED) is 0.733. The first-order chi connectivity index (χ1) is 12.0. The van der Waals surface area contributed by atoms with E-state index in [0.29, 0.717) is 13.0 Å². The fourth-order valence-electron chi connectivity index (χ4n) is 3.12. The van der Waals surface area contributed by atoms with Crippen LogP contribution in [0.2, 0.25) is 0 Å². The van der Waals surface area contributed by atoms with Gasteiger partial charge in [-0.1, -0.05) is 37.6 Å². The number of anilines is 2. The smallest absolute Gasteiger partial charge is 0.264 e. The molecule has 0 bridgehead atoms. The van der Waals surface area contributed by atoms with Gasteiger partial charge < -0.3 is 9.64 Å². The molecule has 0 aromatic heterocycles. The fraction of sp³-hybridized carbons (Fsp3) is 0.368. The minimum atomic E-state index is -3.96. The second kappa shape index (κ2) is 7.45. The summed E-state index contributed by atoms with van der Waals surface area (Å²) in [6.45, 7) is 2.65. The molecule has 5 nitrogen and oxygen atoms in total. The summed E-state index contributed by atoms with van der Waals surface area (Å²) in [6, 6.07) is 13.8. The van der Waals surface area contributed by atoms with Crippen LogP contribution in [0, 0.1) is 0 Å². The molecule has 0 saturated carbocycles. The van der Waals surface area contributed by atoms with Crippen LogP contribution in [0.25, 0.3) is 0 Å². The summed E-state index contributed by atoms with van der Waals surface area (Å²) in [6.07, 6.45) is 3.48. The summed E-state index contributed by atoms with van der Waals surface area (Å²) >= 11 is 0. The number of hydrogen-bond acceptors (Lipinski definition) is 4. The predicted molar refractivity (Wildman–Crippen MR) is 99.6 cm³/mol. The van der Waals surface area contributed by atoms with Crippen molar-refractivity contribution in [3.05, 3.63) is 48.0 Å². The van der Waals surface area contributed by atoms with Gasteiger partial charge in [-0.05, 0) is 43.0 Å². The van der Waals surface area contributed by atoms with Crippen molar-refractivity contribution in [2.45, 2.75) is 32.6 Å². The zero-order valence-electron chi connectivity index (χ0n) is 14.3. The summed E-state index contributed by atoms with van der Waals surface area (Å²) in [7, 11) is -3.96. The lowest BCUT2D eigenvalue weighted by atomic mass is 10.0. The first kappa shape index (κ1) is 17.8. The lowest BCUT2D eigenvalue weighted by Gasteiger charge is -2.33. The number of unbranched alkanes of at least 4 members (excludes halogenated alkanes) is 1. The number of aryl methyl sites for hydroxylation is 1. The molecule has 25 heavy (non-hydrogen) atoms. The van der Waals surface area contributed by atoms with Crippen molar-refractivity contribution >= 4 is 21.5 Å². The Kier molecular flexibility index (Phi) is 5.30. The van der Waals surface area contributed by atoms with Gasteiger partial charge in [-0.3, -0.25) is 4.55 Å². The van der Waals surface area contributed by atoms with Crippen molar-refractivity contribution in [3.63, 3.8) is 0 Å². The number of fused-ring (bicyclic) bond motifs is 2. The molecule has 2 aromatic carbocycles. The molecule has 0 radical (unpaired) electrons. The van der Waals surface area contributed by atoms with Crippen molar-refractivity contribution in [3.8, 4) is 11.5 Å². The maximum Gasteiger partial charge on any atom is 0.264 e. The summed E-state index contributed by atoms with van der Waals surface area (Å²) in [5, 5.41) is 0. The Balaban J connectivity index is 1.94. The highest BCUT2D eigenvalue weighted by Gasteiger charge is 2.26. The summed E-state index contributed by atoms with van der Waals surface area (Å²) in [4.78, 5) is 2.08. The fourth-order valence-corrected chi connectivity index (χ4v) is 3.61. The van der Waals surface area contributed by atoms with Crippen molar-refractivity contribution in [1.82, 2.24) is 0 Å². The van der Waals surface area contributed by atoms with E-state index >= 15 is 0 Å². The molecular formula is C19H23NO4S. The minimum Gasteiger partial charge on any atom is -0.453 e. The lowest BCUT2D eigenvalue weighted by Crippen LogP contribution is -2.24. The van der Waals surface area contributed by atoms with Crippen molar-refractivity contribution in [2.24, 2.45) is 0 Å². The summed E-state index contributed by atoms with van der Waals surface area (Å²) < 4.78 is 37.3. The van der Waals surface area contributed by atoms with Gasteiger partial charge in [0.05, 0.1) is 17.1 Å². The third-order valence-electron chi connectivity index (χ3n) is 4.32. The van der Waals surface area contributed by atoms with Gasteiger partial charge in [-0.25, -0.2) is 0 Å². The number of para-hydroxylation sites is 3. The van der Waals surface area contributed by atoms with Gasteiger partial charge in [0.15, 0.2) is 11.5 Å². The van der Waals surface area contributed by atoms with Crippen LogP contribution in [0.3, 0.4) is 0 Å². The zero-order chi connectivity index (χ0) is 17.9. The Morgan fingerprint density at radius 3 is 2.56 bits per heavy atom. The SMILES string of the molecule is CCCCc1cccc2c1Oc1ccccc1N2CCCS(=O)(=O)O. The highest BCUT2D eigenvalue weighted by atomic mass is 32.2. The third kappa shape index (κ3) is 4.14. The van der Waals surface area contributed by atoms with Crippen LogP contribution in [-0.4, -0.2) is 25.3 Å². The average Bonchev–Trinajstić information content (AvgIpc) is 2.58. The van der Waals surface area contributed by atoms with E-state index in [1.807, 2.05) is 36.4 Å². The molecule has 134 valence electrons. The Bertz CT molecular complexity index is 848. The third-order valence-corrected chi connectivity index (χ3v) is 5.12. The van der Waals surface area contributed by atoms with Crippen LogP contribution in [0.1, 0.15) is 31.7 Å². The Morgan fingerprint density at radius 1 is 1.04 bits per heavy atom. The van der Waals surface area contributed by atoms with E-state index < -0.39 is 10.1 Å². The number of nitrogens with zero attached hydrogens (tertiary/aromatic N) is 1. The van der Waals surface area contributed by atoms with Crippen LogP contribution in [0.15, 0.2) is 42.5 Å². The maximum absolute atomic E-state index is 11.0. The molecule has 0 aliphatic carbocycles. The molecular weight excluding hydrogens is 338 g/mol. The number of hydrogen-bond donors (Lipinski definition) is 1. The van der Waals surface area contributed by atoms with Gasteiger partial charge in [0.2, 0.25) is 0 Å². The van der Waals surface area contributed by atoms with Crippen molar-refractivity contribution in [1.29, 1.82) is 0 Å². The van der Waals surface area contributed by atoms with Gasteiger partial charge in [-0.15, -0.1) is 0 Å². The van der Waals surface area contributed by atoms with E-state index in [-0.39, 0.29) is 5.75 Å². The zero-order valence-corrected chi connectivity index (χ0v) is 15.1. The topological polar surface area (TPSA) is 66.8 Å². The number of benzene rings is 2. The lowest BCUT2D eigenvalue weighted by molar-refractivity contribution is 0.465. The maximum atomic E-state index is 11.0. The minimum absolute atomic E-state index is 0.253. The second-order valence-electron chi connectivity index (χ2n) is 6.23. The van der Waals surface area contributed by atoms with Gasteiger partial charge in [0.1, 0.15) is 0 Å². The Morgan fingerprint density at radius 2 is 1.80 bits per heavy atom. The van der Waals surface area contributed by atoms with Gasteiger partial charge in [-0.2, -0.15) is 8.42 Å². The van der Waals surface area contributed by atoms with Gasteiger partial charge in [0, 0.05) is 6.54 Å². The largest absolute Gasteiger partial charge is 0.453 e. The molecule has 0 spiro atoms. The molecule has 6 heteroatoms. The molecule has 1 aliphatic heterocycles. The molecule has 3 rings (SSSR count). The van der Waals surface area contributed by atoms with Crippen molar-refractivity contribution < 1.29 is 17.7 Å². The summed E-state index contributed by atoms with van der Waals surface area (Å²) in [5.74, 6) is 1.37. The molecule has 1 N–H and O–H groups in total.